The van der Waals surface area contributed by atoms with Gasteiger partial charge in [0.05, 0.1) is 29.4 Å². The lowest BCUT2D eigenvalue weighted by Gasteiger charge is -2.26. The minimum Gasteiger partial charge on any atom is -0.450 e. The van der Waals surface area contributed by atoms with Crippen LogP contribution in [0.25, 0.3) is 5.69 Å². The van der Waals surface area contributed by atoms with Crippen molar-refractivity contribution in [2.75, 3.05) is 26.3 Å². The van der Waals surface area contributed by atoms with E-state index in [4.69, 9.17) is 9.47 Å². The lowest BCUT2D eigenvalue weighted by Crippen LogP contribution is -2.40. The van der Waals surface area contributed by atoms with Gasteiger partial charge in [0.25, 0.3) is 0 Å². The van der Waals surface area contributed by atoms with Gasteiger partial charge in [0.1, 0.15) is 5.75 Å². The lowest BCUT2D eigenvalue weighted by atomic mass is 10.2. The van der Waals surface area contributed by atoms with Crippen LogP contribution in [0.3, 0.4) is 0 Å². The van der Waals surface area contributed by atoms with Gasteiger partial charge in [0, 0.05) is 37.2 Å². The molecule has 10 nitrogen and oxygen atoms in total. The number of sulfonamides is 1. The molecule has 0 saturated carbocycles. The summed E-state index contributed by atoms with van der Waals surface area (Å²) in [5.41, 5.74) is 0.421. The predicted molar refractivity (Wildman–Crippen MR) is 106 cm³/mol. The Balaban J connectivity index is 1.60. The van der Waals surface area contributed by atoms with Crippen LogP contribution in [0.5, 0.6) is 11.5 Å². The average Bonchev–Trinajstić information content (AvgIpc) is 3.30. The number of benzene rings is 2. The van der Waals surface area contributed by atoms with Crippen molar-refractivity contribution in [3.63, 3.8) is 0 Å². The summed E-state index contributed by atoms with van der Waals surface area (Å²) < 4.78 is 39.5. The van der Waals surface area contributed by atoms with E-state index >= 15 is 0 Å². The number of morpholine rings is 1. The zero-order valence-electron chi connectivity index (χ0n) is 15.7. The Kier molecular flexibility index (Phi) is 5.48. The van der Waals surface area contributed by atoms with Gasteiger partial charge in [-0.25, -0.2) is 13.4 Å². The number of nitro groups is 1. The summed E-state index contributed by atoms with van der Waals surface area (Å²) >= 11 is 0. The van der Waals surface area contributed by atoms with Crippen molar-refractivity contribution >= 4 is 15.7 Å². The molecule has 1 saturated heterocycles. The van der Waals surface area contributed by atoms with Gasteiger partial charge in [0.2, 0.25) is 15.8 Å². The molecule has 1 fully saturated rings. The Hall–Kier alpha value is -3.28. The lowest BCUT2D eigenvalue weighted by molar-refractivity contribution is -0.385. The summed E-state index contributed by atoms with van der Waals surface area (Å²) in [5.74, 6) is 0.335. The molecular weight excluding hydrogens is 412 g/mol. The molecule has 0 unspecified atom stereocenters. The van der Waals surface area contributed by atoms with Gasteiger partial charge >= 0.3 is 5.69 Å². The minimum absolute atomic E-state index is 0.0451. The zero-order valence-corrected chi connectivity index (χ0v) is 16.6. The van der Waals surface area contributed by atoms with Crippen LogP contribution < -0.4 is 4.74 Å². The van der Waals surface area contributed by atoms with Crippen LogP contribution in [-0.2, 0) is 14.8 Å². The van der Waals surface area contributed by atoms with E-state index in [0.717, 1.165) is 11.8 Å². The minimum atomic E-state index is -3.85. The fourth-order valence-electron chi connectivity index (χ4n) is 3.05. The maximum atomic E-state index is 12.8. The SMILES string of the molecule is O=[N+]([O-])c1cc(S(=O)(=O)N2CCOCC2)ccc1Oc1ccc(-n2ccnc2)cc1. The molecule has 0 spiro atoms. The molecule has 2 heterocycles. The van der Waals surface area contributed by atoms with Gasteiger partial charge in [-0.05, 0) is 36.4 Å². The highest BCUT2D eigenvalue weighted by atomic mass is 32.2. The van der Waals surface area contributed by atoms with Gasteiger partial charge in [-0.2, -0.15) is 4.31 Å². The number of ether oxygens (including phenoxy) is 2. The molecule has 30 heavy (non-hydrogen) atoms. The monoisotopic (exact) mass is 430 g/mol. The first-order chi connectivity index (χ1) is 14.4. The summed E-state index contributed by atoms with van der Waals surface area (Å²) in [6, 6.07) is 10.5. The van der Waals surface area contributed by atoms with Crippen LogP contribution in [0.15, 0.2) is 66.1 Å². The van der Waals surface area contributed by atoms with Crippen molar-refractivity contribution in [1.82, 2.24) is 13.9 Å². The molecule has 0 amide bonds. The van der Waals surface area contributed by atoms with E-state index in [2.05, 4.69) is 4.98 Å². The van der Waals surface area contributed by atoms with Crippen molar-refractivity contribution in [3.05, 3.63) is 71.3 Å². The summed E-state index contributed by atoms with van der Waals surface area (Å²) in [6.45, 7) is 0.991. The van der Waals surface area contributed by atoms with Gasteiger partial charge in [0.15, 0.2) is 0 Å². The van der Waals surface area contributed by atoms with Crippen molar-refractivity contribution in [3.8, 4) is 17.2 Å². The Labute approximate surface area is 172 Å². The molecule has 156 valence electrons. The molecule has 0 radical (unpaired) electrons. The predicted octanol–water partition coefficient (Wildman–Crippen LogP) is 2.59. The van der Waals surface area contributed by atoms with Gasteiger partial charge in [-0.1, -0.05) is 0 Å². The Morgan fingerprint density at radius 3 is 2.47 bits per heavy atom. The fourth-order valence-corrected chi connectivity index (χ4v) is 4.48. The number of hydrogen-bond acceptors (Lipinski definition) is 7. The molecule has 0 atom stereocenters. The van der Waals surface area contributed by atoms with E-state index in [1.165, 1.54) is 16.4 Å². The number of hydrogen-bond donors (Lipinski definition) is 0. The van der Waals surface area contributed by atoms with Gasteiger partial charge in [-0.15, -0.1) is 0 Å². The molecule has 1 aliphatic heterocycles. The third-order valence-corrected chi connectivity index (χ3v) is 6.50. The normalized spacial score (nSPS) is 15.1. The molecule has 1 aliphatic rings. The van der Waals surface area contributed by atoms with Crippen molar-refractivity contribution in [1.29, 1.82) is 0 Å². The van der Waals surface area contributed by atoms with Crippen molar-refractivity contribution in [2.45, 2.75) is 4.90 Å². The first kappa shape index (κ1) is 20.0. The van der Waals surface area contributed by atoms with Crippen molar-refractivity contribution < 1.29 is 22.8 Å². The quantitative estimate of drug-likeness (QED) is 0.436. The van der Waals surface area contributed by atoms with Crippen LogP contribution in [0.1, 0.15) is 0 Å². The van der Waals surface area contributed by atoms with Crippen LogP contribution in [0.2, 0.25) is 0 Å². The van der Waals surface area contributed by atoms with Gasteiger partial charge < -0.3 is 14.0 Å². The maximum Gasteiger partial charge on any atom is 0.312 e. The summed E-state index contributed by atoms with van der Waals surface area (Å²) in [5, 5.41) is 11.6. The van der Waals surface area contributed by atoms with E-state index in [1.54, 1.807) is 47.6 Å². The first-order valence-corrected chi connectivity index (χ1v) is 10.5. The number of imidazole rings is 1. The van der Waals surface area contributed by atoms with E-state index in [9.17, 15) is 18.5 Å². The topological polar surface area (TPSA) is 117 Å². The maximum absolute atomic E-state index is 12.8. The largest absolute Gasteiger partial charge is 0.450 e. The molecule has 0 bridgehead atoms. The summed E-state index contributed by atoms with van der Waals surface area (Å²) in [7, 11) is -3.85. The number of nitrogens with zero attached hydrogens (tertiary/aromatic N) is 4. The molecule has 3 aromatic rings. The van der Waals surface area contributed by atoms with Crippen molar-refractivity contribution in [2.24, 2.45) is 0 Å². The third-order valence-electron chi connectivity index (χ3n) is 4.60. The second-order valence-electron chi connectivity index (χ2n) is 6.47. The standard InChI is InChI=1S/C19H18N4O6S/c24-23(25)18-13-17(30(26,27)22-9-11-28-12-10-22)5-6-19(18)29-16-3-1-15(2-4-16)21-8-7-20-14-21/h1-8,13-14H,9-12H2. The van der Waals surface area contributed by atoms with Crippen LogP contribution in [0.4, 0.5) is 5.69 Å². The first-order valence-electron chi connectivity index (χ1n) is 9.08. The van der Waals surface area contributed by atoms with E-state index < -0.39 is 20.6 Å². The Bertz CT molecular complexity index is 1140. The molecule has 4 rings (SSSR count). The van der Waals surface area contributed by atoms with E-state index in [-0.39, 0.29) is 36.9 Å². The smallest absolute Gasteiger partial charge is 0.312 e. The number of nitro benzene ring substituents is 1. The fraction of sp³-hybridized carbons (Fsp3) is 0.211. The van der Waals surface area contributed by atoms with E-state index in [1.807, 2.05) is 0 Å². The highest BCUT2D eigenvalue weighted by Gasteiger charge is 2.29. The van der Waals surface area contributed by atoms with E-state index in [0.29, 0.717) is 5.75 Å². The Morgan fingerprint density at radius 2 is 1.83 bits per heavy atom. The average molecular weight is 430 g/mol. The summed E-state index contributed by atoms with van der Waals surface area (Å²) in [4.78, 5) is 14.7. The van der Waals surface area contributed by atoms with Crippen LogP contribution in [-0.4, -0.2) is 53.5 Å². The highest BCUT2D eigenvalue weighted by molar-refractivity contribution is 7.89. The Morgan fingerprint density at radius 1 is 1.10 bits per heavy atom. The number of rotatable bonds is 6. The molecule has 2 aromatic carbocycles. The zero-order chi connectivity index (χ0) is 21.1. The molecule has 0 N–H and O–H groups in total. The molecule has 1 aromatic heterocycles. The molecular formula is C19H18N4O6S. The van der Waals surface area contributed by atoms with Gasteiger partial charge in [-0.3, -0.25) is 10.1 Å². The second kappa shape index (κ2) is 8.22. The third kappa shape index (κ3) is 4.03. The van der Waals surface area contributed by atoms with Crippen LogP contribution >= 0.6 is 0 Å². The number of aromatic nitrogens is 2. The highest BCUT2D eigenvalue weighted by Crippen LogP contribution is 2.34. The summed E-state index contributed by atoms with van der Waals surface area (Å²) in [6.07, 6.45) is 5.09. The second-order valence-corrected chi connectivity index (χ2v) is 8.41. The molecule has 0 aliphatic carbocycles. The van der Waals surface area contributed by atoms with Crippen LogP contribution in [0, 0.1) is 10.1 Å². The molecule has 11 heteroatoms.